The van der Waals surface area contributed by atoms with E-state index in [1.807, 2.05) is 0 Å². The Morgan fingerprint density at radius 1 is 1.47 bits per heavy atom. The van der Waals surface area contributed by atoms with Crippen LogP contribution in [0.4, 0.5) is 17.5 Å². The van der Waals surface area contributed by atoms with Gasteiger partial charge in [-0.3, -0.25) is 10.1 Å². The topological polar surface area (TPSA) is 127 Å². The van der Waals surface area contributed by atoms with Gasteiger partial charge in [-0.25, -0.2) is 13.4 Å². The number of hydrogen-bond acceptors (Lipinski definition) is 8. The Morgan fingerprint density at radius 2 is 2.16 bits per heavy atom. The molecule has 2 N–H and O–H groups in total. The van der Waals surface area contributed by atoms with Gasteiger partial charge in [0.1, 0.15) is 6.20 Å². The second kappa shape index (κ2) is 6.27. The predicted molar refractivity (Wildman–Crippen MR) is 71.1 cm³/mol. The first kappa shape index (κ1) is 15.1. The summed E-state index contributed by atoms with van der Waals surface area (Å²) in [4.78, 5) is 17.8. The van der Waals surface area contributed by atoms with Crippen molar-refractivity contribution in [2.75, 3.05) is 35.7 Å². The van der Waals surface area contributed by atoms with E-state index in [2.05, 4.69) is 20.6 Å². The number of nitrogens with zero attached hydrogens (tertiary/aromatic N) is 3. The Balaban J connectivity index is 2.84. The molecular weight excluding hydrogens is 274 g/mol. The number of anilines is 2. The first-order valence-electron chi connectivity index (χ1n) is 5.53. The van der Waals surface area contributed by atoms with Gasteiger partial charge in [0.05, 0.1) is 10.7 Å². The van der Waals surface area contributed by atoms with Crippen LogP contribution in [0, 0.1) is 10.1 Å². The highest BCUT2D eigenvalue weighted by Crippen LogP contribution is 2.21. The van der Waals surface area contributed by atoms with Crippen LogP contribution in [0.25, 0.3) is 0 Å². The number of rotatable bonds is 7. The normalized spacial score (nSPS) is 11.1. The lowest BCUT2D eigenvalue weighted by Gasteiger charge is -2.07. The number of nitrogens with one attached hydrogen (secondary N) is 2. The Labute approximate surface area is 110 Å². The second-order valence-electron chi connectivity index (χ2n) is 3.60. The van der Waals surface area contributed by atoms with Gasteiger partial charge in [-0.05, 0) is 0 Å². The molecule has 19 heavy (non-hydrogen) atoms. The van der Waals surface area contributed by atoms with Crippen LogP contribution in [0.5, 0.6) is 0 Å². The molecule has 0 spiro atoms. The summed E-state index contributed by atoms with van der Waals surface area (Å²) in [5.41, 5.74) is -0.298. The van der Waals surface area contributed by atoms with E-state index in [4.69, 9.17) is 0 Å². The van der Waals surface area contributed by atoms with Crippen molar-refractivity contribution in [3.8, 4) is 0 Å². The molecule has 0 radical (unpaired) electrons. The van der Waals surface area contributed by atoms with E-state index < -0.39 is 14.8 Å². The number of hydrogen-bond donors (Lipinski definition) is 2. The third kappa shape index (κ3) is 4.32. The average Bonchev–Trinajstić information content (AvgIpc) is 2.38. The van der Waals surface area contributed by atoms with Crippen molar-refractivity contribution in [1.82, 2.24) is 9.97 Å². The van der Waals surface area contributed by atoms with Crippen LogP contribution >= 0.6 is 0 Å². The van der Waals surface area contributed by atoms with Crippen molar-refractivity contribution in [2.24, 2.45) is 0 Å². The molecule has 0 amide bonds. The van der Waals surface area contributed by atoms with E-state index in [1.165, 1.54) is 0 Å². The summed E-state index contributed by atoms with van der Waals surface area (Å²) in [6.45, 7) is 1.60. The van der Waals surface area contributed by atoms with Crippen molar-refractivity contribution in [3.63, 3.8) is 0 Å². The lowest BCUT2D eigenvalue weighted by atomic mass is 10.4. The molecule has 9 nitrogen and oxygen atoms in total. The lowest BCUT2D eigenvalue weighted by molar-refractivity contribution is -0.384. The van der Waals surface area contributed by atoms with E-state index in [9.17, 15) is 18.5 Å². The van der Waals surface area contributed by atoms with Crippen LogP contribution < -0.4 is 10.6 Å². The second-order valence-corrected chi connectivity index (χ2v) is 6.07. The molecule has 0 aromatic carbocycles. The molecule has 1 heterocycles. The van der Waals surface area contributed by atoms with E-state index >= 15 is 0 Å². The fraction of sp³-hybridized carbons (Fsp3) is 0.556. The molecule has 1 aromatic rings. The summed E-state index contributed by atoms with van der Waals surface area (Å²) in [6, 6.07) is 0. The van der Waals surface area contributed by atoms with Crippen LogP contribution in [0.2, 0.25) is 0 Å². The van der Waals surface area contributed by atoms with Crippen molar-refractivity contribution >= 4 is 27.3 Å². The van der Waals surface area contributed by atoms with Crippen molar-refractivity contribution in [2.45, 2.75) is 6.92 Å². The average molecular weight is 289 g/mol. The summed E-state index contributed by atoms with van der Waals surface area (Å²) in [6.07, 6.45) is 1.06. The van der Waals surface area contributed by atoms with Gasteiger partial charge in [-0.1, -0.05) is 6.92 Å². The molecule has 0 aliphatic rings. The summed E-state index contributed by atoms with van der Waals surface area (Å²) < 4.78 is 22.6. The summed E-state index contributed by atoms with van der Waals surface area (Å²) >= 11 is 0. The maximum Gasteiger partial charge on any atom is 0.329 e. The SMILES string of the molecule is CCS(=O)(=O)CCNc1nc(NC)ncc1[N+](=O)[O-]. The standard InChI is InChI=1S/C9H15N5O4S/c1-3-19(17,18)5-4-11-8-7(14(15)16)6-12-9(10-2)13-8/h6H,3-5H2,1-2H3,(H2,10,11,12,13). The van der Waals surface area contributed by atoms with Gasteiger partial charge in [-0.2, -0.15) is 4.98 Å². The molecule has 0 fully saturated rings. The third-order valence-corrected chi connectivity index (χ3v) is 4.04. The highest BCUT2D eigenvalue weighted by atomic mass is 32.2. The van der Waals surface area contributed by atoms with Gasteiger partial charge in [0, 0.05) is 19.3 Å². The van der Waals surface area contributed by atoms with Gasteiger partial charge in [0.2, 0.25) is 11.8 Å². The third-order valence-electron chi connectivity index (χ3n) is 2.34. The molecule has 1 rings (SSSR count). The minimum absolute atomic E-state index is 0.00402. The maximum absolute atomic E-state index is 11.3. The van der Waals surface area contributed by atoms with Gasteiger partial charge in [0.15, 0.2) is 9.84 Å². The quantitative estimate of drug-likeness (QED) is 0.541. The van der Waals surface area contributed by atoms with Gasteiger partial charge in [-0.15, -0.1) is 0 Å². The molecule has 1 aromatic heterocycles. The number of sulfone groups is 1. The minimum Gasteiger partial charge on any atom is -0.363 e. The van der Waals surface area contributed by atoms with Crippen LogP contribution in [0.15, 0.2) is 6.20 Å². The molecule has 0 aliphatic carbocycles. The van der Waals surface area contributed by atoms with E-state index in [-0.39, 0.29) is 35.5 Å². The zero-order valence-electron chi connectivity index (χ0n) is 10.6. The highest BCUT2D eigenvalue weighted by molar-refractivity contribution is 7.91. The lowest BCUT2D eigenvalue weighted by Crippen LogP contribution is -2.18. The first-order chi connectivity index (χ1) is 8.89. The summed E-state index contributed by atoms with van der Waals surface area (Å²) in [5, 5.41) is 16.1. The Bertz CT molecular complexity index is 560. The zero-order valence-corrected chi connectivity index (χ0v) is 11.4. The zero-order chi connectivity index (χ0) is 14.5. The molecule has 10 heteroatoms. The Morgan fingerprint density at radius 3 is 2.68 bits per heavy atom. The van der Waals surface area contributed by atoms with E-state index in [1.54, 1.807) is 14.0 Å². The smallest absolute Gasteiger partial charge is 0.329 e. The summed E-state index contributed by atoms with van der Waals surface area (Å²) in [7, 11) is -1.55. The first-order valence-corrected chi connectivity index (χ1v) is 7.35. The molecular formula is C9H15N5O4S. The monoisotopic (exact) mass is 289 g/mol. The fourth-order valence-electron chi connectivity index (χ4n) is 1.23. The van der Waals surface area contributed by atoms with E-state index in [0.717, 1.165) is 6.20 Å². The Hall–Kier alpha value is -1.97. The summed E-state index contributed by atoms with van der Waals surface area (Å²) in [5.74, 6) is 0.129. The van der Waals surface area contributed by atoms with Crippen LogP contribution in [0.1, 0.15) is 6.92 Å². The molecule has 0 bridgehead atoms. The minimum atomic E-state index is -3.13. The van der Waals surface area contributed by atoms with Crippen molar-refractivity contribution in [1.29, 1.82) is 0 Å². The van der Waals surface area contributed by atoms with Crippen LogP contribution in [0.3, 0.4) is 0 Å². The largest absolute Gasteiger partial charge is 0.363 e. The van der Waals surface area contributed by atoms with Gasteiger partial charge >= 0.3 is 5.69 Å². The van der Waals surface area contributed by atoms with Gasteiger partial charge in [0.25, 0.3) is 0 Å². The van der Waals surface area contributed by atoms with Crippen molar-refractivity contribution < 1.29 is 13.3 Å². The maximum atomic E-state index is 11.3. The molecule has 0 saturated heterocycles. The van der Waals surface area contributed by atoms with Crippen LogP contribution in [-0.2, 0) is 9.84 Å². The van der Waals surface area contributed by atoms with Gasteiger partial charge < -0.3 is 10.6 Å². The molecule has 0 aliphatic heterocycles. The number of aromatic nitrogens is 2. The Kier molecular flexibility index (Phi) is 4.98. The molecule has 0 unspecified atom stereocenters. The molecule has 106 valence electrons. The molecule has 0 atom stereocenters. The van der Waals surface area contributed by atoms with E-state index in [0.29, 0.717) is 0 Å². The molecule has 0 saturated carbocycles. The fourth-order valence-corrected chi connectivity index (χ4v) is 1.93. The number of nitro groups is 1. The van der Waals surface area contributed by atoms with Crippen molar-refractivity contribution in [3.05, 3.63) is 16.3 Å². The van der Waals surface area contributed by atoms with Crippen LogP contribution in [-0.4, -0.2) is 48.4 Å². The highest BCUT2D eigenvalue weighted by Gasteiger charge is 2.17. The predicted octanol–water partition coefficient (Wildman–Crippen LogP) is 0.273.